The molecule has 2 aliphatic rings. The molecule has 0 aliphatic heterocycles. The van der Waals surface area contributed by atoms with Crippen molar-refractivity contribution in [2.24, 2.45) is 5.73 Å². The van der Waals surface area contributed by atoms with Crippen molar-refractivity contribution in [1.29, 1.82) is 0 Å². The summed E-state index contributed by atoms with van der Waals surface area (Å²) in [6.45, 7) is 0. The van der Waals surface area contributed by atoms with E-state index in [9.17, 15) is 4.79 Å². The number of nitrogens with zero attached hydrogens (tertiary/aromatic N) is 2. The van der Waals surface area contributed by atoms with Gasteiger partial charge in [-0.2, -0.15) is 0 Å². The molecule has 25 heavy (non-hydrogen) atoms. The smallest absolute Gasteiger partial charge is 0.227 e. The summed E-state index contributed by atoms with van der Waals surface area (Å²) in [4.78, 5) is 20.5. The number of carbonyl (C=O) groups is 1. The number of aromatic nitrogens is 2. The van der Waals surface area contributed by atoms with E-state index in [1.54, 1.807) is 0 Å². The maximum Gasteiger partial charge on any atom is 0.227 e. The van der Waals surface area contributed by atoms with Gasteiger partial charge in [-0.3, -0.25) is 4.79 Å². The third kappa shape index (κ3) is 3.63. The van der Waals surface area contributed by atoms with Gasteiger partial charge >= 0.3 is 0 Å². The number of primary amides is 1. The van der Waals surface area contributed by atoms with Crippen LogP contribution in [0, 0.1) is 0 Å². The summed E-state index contributed by atoms with van der Waals surface area (Å²) in [5, 5.41) is 4.31. The molecule has 0 fully saturated rings. The largest absolute Gasteiger partial charge is 0.369 e. The van der Waals surface area contributed by atoms with Crippen LogP contribution in [-0.2, 0) is 30.5 Å². The summed E-state index contributed by atoms with van der Waals surface area (Å²) in [6.07, 6.45) is 6.42. The highest BCUT2D eigenvalue weighted by Crippen LogP contribution is 2.30. The highest BCUT2D eigenvalue weighted by Gasteiger charge is 2.24. The van der Waals surface area contributed by atoms with Crippen LogP contribution in [0.15, 0.2) is 29.4 Å². The first-order chi connectivity index (χ1) is 12.2. The van der Waals surface area contributed by atoms with Crippen LogP contribution in [0.4, 0.5) is 5.82 Å². The molecule has 2 aliphatic carbocycles. The molecule has 4 rings (SSSR count). The van der Waals surface area contributed by atoms with E-state index in [1.807, 2.05) is 0 Å². The zero-order valence-corrected chi connectivity index (χ0v) is 14.9. The zero-order chi connectivity index (χ0) is 17.2. The quantitative estimate of drug-likeness (QED) is 0.637. The molecule has 0 radical (unpaired) electrons. The summed E-state index contributed by atoms with van der Waals surface area (Å²) < 4.78 is 0. The van der Waals surface area contributed by atoms with Crippen molar-refractivity contribution in [3.8, 4) is 0 Å². The topological polar surface area (TPSA) is 80.9 Å². The number of thioether (sulfide) groups is 1. The summed E-state index contributed by atoms with van der Waals surface area (Å²) in [5.74, 6) is 0.828. The molecule has 1 aromatic carbocycles. The van der Waals surface area contributed by atoms with Gasteiger partial charge in [0.2, 0.25) is 5.91 Å². The van der Waals surface area contributed by atoms with Gasteiger partial charge in [0.1, 0.15) is 5.82 Å². The minimum Gasteiger partial charge on any atom is -0.369 e. The second-order valence-electron chi connectivity index (χ2n) is 6.76. The number of nitrogens with two attached hydrogens (primary N) is 1. The molecule has 1 aromatic heterocycles. The number of benzene rings is 1. The van der Waals surface area contributed by atoms with Crippen LogP contribution in [0.1, 0.15) is 35.2 Å². The van der Waals surface area contributed by atoms with Gasteiger partial charge in [-0.25, -0.2) is 9.97 Å². The standard InChI is InChI=1S/C19H22N4OS/c20-17(24)11-25-19-22-16-8-4-3-7-15(16)18(23-19)21-14-9-12-5-1-2-6-13(12)10-14/h1-2,5-6,14H,3-4,7-11H2,(H2,20,24)(H,21,22,23). The molecule has 0 spiro atoms. The Morgan fingerprint density at radius 1 is 1.16 bits per heavy atom. The fourth-order valence-corrected chi connectivity index (χ4v) is 4.35. The molecule has 130 valence electrons. The lowest BCUT2D eigenvalue weighted by Gasteiger charge is -2.22. The lowest BCUT2D eigenvalue weighted by molar-refractivity contribution is -0.115. The maximum absolute atomic E-state index is 11.1. The summed E-state index contributed by atoms with van der Waals surface area (Å²) in [5.41, 5.74) is 10.5. The van der Waals surface area contributed by atoms with Gasteiger partial charge in [0.25, 0.3) is 0 Å². The Kier molecular flexibility index (Phi) is 4.61. The number of amides is 1. The van der Waals surface area contributed by atoms with Crippen molar-refractivity contribution in [2.75, 3.05) is 11.1 Å². The van der Waals surface area contributed by atoms with E-state index < -0.39 is 0 Å². The third-order valence-corrected chi connectivity index (χ3v) is 5.77. The van der Waals surface area contributed by atoms with Gasteiger partial charge in [-0.1, -0.05) is 36.0 Å². The molecular weight excluding hydrogens is 332 g/mol. The van der Waals surface area contributed by atoms with Crippen molar-refractivity contribution in [3.05, 3.63) is 46.6 Å². The second kappa shape index (κ2) is 7.04. The Morgan fingerprint density at radius 3 is 2.60 bits per heavy atom. The number of hydrogen-bond donors (Lipinski definition) is 2. The highest BCUT2D eigenvalue weighted by atomic mass is 32.2. The summed E-state index contributed by atoms with van der Waals surface area (Å²) >= 11 is 1.32. The van der Waals surface area contributed by atoms with E-state index >= 15 is 0 Å². The molecule has 0 saturated heterocycles. The van der Waals surface area contributed by atoms with Crippen LogP contribution < -0.4 is 11.1 Å². The Hall–Kier alpha value is -2.08. The molecule has 2 aromatic rings. The SMILES string of the molecule is NC(=O)CSc1nc2c(c(NC3Cc4ccccc4C3)n1)CCCC2. The van der Waals surface area contributed by atoms with Crippen molar-refractivity contribution >= 4 is 23.5 Å². The molecule has 6 heteroatoms. The minimum atomic E-state index is -0.341. The molecule has 0 atom stereocenters. The first-order valence-electron chi connectivity index (χ1n) is 8.83. The minimum absolute atomic E-state index is 0.215. The van der Waals surface area contributed by atoms with Gasteiger partial charge in [-0.15, -0.1) is 0 Å². The molecule has 3 N–H and O–H groups in total. The predicted molar refractivity (Wildman–Crippen MR) is 99.9 cm³/mol. The molecular formula is C19H22N4OS. The van der Waals surface area contributed by atoms with Gasteiger partial charge in [0.15, 0.2) is 5.16 Å². The average molecular weight is 354 g/mol. The van der Waals surface area contributed by atoms with Crippen molar-refractivity contribution < 1.29 is 4.79 Å². The number of fused-ring (bicyclic) bond motifs is 2. The number of nitrogens with one attached hydrogen (secondary N) is 1. The van der Waals surface area contributed by atoms with Crippen LogP contribution in [0.5, 0.6) is 0 Å². The van der Waals surface area contributed by atoms with E-state index in [2.05, 4.69) is 34.6 Å². The van der Waals surface area contributed by atoms with Crippen LogP contribution in [0.25, 0.3) is 0 Å². The molecule has 0 saturated carbocycles. The third-order valence-electron chi connectivity index (χ3n) is 4.90. The van der Waals surface area contributed by atoms with Crippen LogP contribution in [-0.4, -0.2) is 27.7 Å². The molecule has 5 nitrogen and oxygen atoms in total. The second-order valence-corrected chi connectivity index (χ2v) is 7.70. The van der Waals surface area contributed by atoms with Crippen LogP contribution in [0.2, 0.25) is 0 Å². The number of anilines is 1. The summed E-state index contributed by atoms with van der Waals surface area (Å²) in [7, 11) is 0. The van der Waals surface area contributed by atoms with E-state index in [0.29, 0.717) is 11.2 Å². The van der Waals surface area contributed by atoms with Crippen LogP contribution in [0.3, 0.4) is 0 Å². The van der Waals surface area contributed by atoms with Crippen molar-refractivity contribution in [2.45, 2.75) is 49.7 Å². The fourth-order valence-electron chi connectivity index (χ4n) is 3.75. The predicted octanol–water partition coefficient (Wildman–Crippen LogP) is 2.51. The Labute approximate surface area is 151 Å². The highest BCUT2D eigenvalue weighted by molar-refractivity contribution is 7.99. The molecule has 1 heterocycles. The van der Waals surface area contributed by atoms with E-state index in [1.165, 1.54) is 34.9 Å². The lowest BCUT2D eigenvalue weighted by Crippen LogP contribution is -2.23. The number of carbonyl (C=O) groups excluding carboxylic acids is 1. The zero-order valence-electron chi connectivity index (χ0n) is 14.1. The van der Waals surface area contributed by atoms with Gasteiger partial charge in [-0.05, 0) is 49.7 Å². The van der Waals surface area contributed by atoms with Crippen LogP contribution >= 0.6 is 11.8 Å². The lowest BCUT2D eigenvalue weighted by atomic mass is 9.96. The average Bonchev–Trinajstić information content (AvgIpc) is 3.02. The van der Waals surface area contributed by atoms with Gasteiger partial charge < -0.3 is 11.1 Å². The first-order valence-corrected chi connectivity index (χ1v) is 9.82. The van der Waals surface area contributed by atoms with E-state index in [0.717, 1.165) is 43.6 Å². The number of rotatable bonds is 5. The van der Waals surface area contributed by atoms with Gasteiger partial charge in [0.05, 0.1) is 11.4 Å². The normalized spacial score (nSPS) is 16.3. The van der Waals surface area contributed by atoms with Crippen molar-refractivity contribution in [3.63, 3.8) is 0 Å². The fraction of sp³-hybridized carbons (Fsp3) is 0.421. The first kappa shape index (κ1) is 16.4. The maximum atomic E-state index is 11.1. The van der Waals surface area contributed by atoms with E-state index in [-0.39, 0.29) is 11.7 Å². The molecule has 0 bridgehead atoms. The Bertz CT molecular complexity index is 783. The van der Waals surface area contributed by atoms with Crippen molar-refractivity contribution in [1.82, 2.24) is 9.97 Å². The molecule has 0 unspecified atom stereocenters. The Morgan fingerprint density at radius 2 is 1.88 bits per heavy atom. The molecule has 1 amide bonds. The number of hydrogen-bond acceptors (Lipinski definition) is 5. The Balaban J connectivity index is 1.57. The van der Waals surface area contributed by atoms with E-state index in [4.69, 9.17) is 10.7 Å². The number of aryl methyl sites for hydroxylation is 1. The monoisotopic (exact) mass is 354 g/mol. The summed E-state index contributed by atoms with van der Waals surface area (Å²) in [6, 6.07) is 8.99. The van der Waals surface area contributed by atoms with Gasteiger partial charge in [0, 0.05) is 11.6 Å².